The number of amides is 1. The van der Waals surface area contributed by atoms with Gasteiger partial charge in [-0.05, 0) is 18.6 Å². The summed E-state index contributed by atoms with van der Waals surface area (Å²) in [6.07, 6.45) is 5.51. The Morgan fingerprint density at radius 3 is 3.33 bits per heavy atom. The zero-order valence-electron chi connectivity index (χ0n) is 12.2. The molecule has 1 aromatic heterocycles. The maximum atomic E-state index is 11.2. The number of nitrogens with one attached hydrogen (secondary N) is 1. The van der Waals surface area contributed by atoms with E-state index in [4.69, 9.17) is 9.47 Å². The summed E-state index contributed by atoms with van der Waals surface area (Å²) in [6.45, 7) is 2.50. The zero-order chi connectivity index (χ0) is 14.7. The van der Waals surface area contributed by atoms with E-state index in [1.54, 1.807) is 13.2 Å². The van der Waals surface area contributed by atoms with Crippen molar-refractivity contribution >= 4 is 11.6 Å². The van der Waals surface area contributed by atoms with Crippen molar-refractivity contribution in [3.8, 4) is 0 Å². The van der Waals surface area contributed by atoms with Crippen LogP contribution in [0, 0.1) is 0 Å². The van der Waals surface area contributed by atoms with E-state index >= 15 is 0 Å². The van der Waals surface area contributed by atoms with Crippen LogP contribution in [0.4, 0.5) is 5.69 Å². The molecule has 0 radical (unpaired) electrons. The number of carbonyl (C=O) groups excluding carboxylic acids is 1. The molecule has 2 saturated heterocycles. The van der Waals surface area contributed by atoms with Crippen LogP contribution in [0.25, 0.3) is 0 Å². The van der Waals surface area contributed by atoms with Crippen LogP contribution >= 0.6 is 0 Å². The SMILES string of the molecule is CNC(=O)CO[C@@H]1CO[C@]2(CCN(c3cccnc3)C2)C1. The predicted octanol–water partition coefficient (Wildman–Crippen LogP) is 0.582. The van der Waals surface area contributed by atoms with Gasteiger partial charge in [0.1, 0.15) is 6.61 Å². The van der Waals surface area contributed by atoms with Crippen molar-refractivity contribution in [1.29, 1.82) is 0 Å². The second-order valence-electron chi connectivity index (χ2n) is 5.69. The third kappa shape index (κ3) is 3.16. The van der Waals surface area contributed by atoms with E-state index in [1.807, 2.05) is 12.3 Å². The molecular formula is C15H21N3O3. The number of hydrogen-bond acceptors (Lipinski definition) is 5. The molecule has 2 aliphatic rings. The zero-order valence-corrected chi connectivity index (χ0v) is 12.2. The Labute approximate surface area is 124 Å². The number of aromatic nitrogens is 1. The molecule has 0 unspecified atom stereocenters. The lowest BCUT2D eigenvalue weighted by Gasteiger charge is -2.24. The molecule has 2 atom stereocenters. The molecule has 6 nitrogen and oxygen atoms in total. The Hall–Kier alpha value is -1.66. The second kappa shape index (κ2) is 5.99. The van der Waals surface area contributed by atoms with E-state index in [-0.39, 0.29) is 24.2 Å². The molecule has 1 N–H and O–H groups in total. The van der Waals surface area contributed by atoms with Crippen LogP contribution in [0.3, 0.4) is 0 Å². The maximum absolute atomic E-state index is 11.2. The van der Waals surface area contributed by atoms with Gasteiger partial charge in [-0.15, -0.1) is 0 Å². The van der Waals surface area contributed by atoms with Crippen molar-refractivity contribution in [2.75, 3.05) is 38.3 Å². The number of hydrogen-bond donors (Lipinski definition) is 1. The maximum Gasteiger partial charge on any atom is 0.245 e. The summed E-state index contributed by atoms with van der Waals surface area (Å²) in [5.41, 5.74) is 0.996. The van der Waals surface area contributed by atoms with Gasteiger partial charge in [0.15, 0.2) is 0 Å². The molecule has 0 saturated carbocycles. The van der Waals surface area contributed by atoms with Gasteiger partial charge in [-0.2, -0.15) is 0 Å². The van der Waals surface area contributed by atoms with Crippen LogP contribution in [0.1, 0.15) is 12.8 Å². The molecule has 0 bridgehead atoms. The first-order chi connectivity index (χ1) is 10.2. The van der Waals surface area contributed by atoms with Gasteiger partial charge >= 0.3 is 0 Å². The summed E-state index contributed by atoms with van der Waals surface area (Å²) in [4.78, 5) is 17.7. The lowest BCUT2D eigenvalue weighted by molar-refractivity contribution is -0.127. The fourth-order valence-corrected chi connectivity index (χ4v) is 3.07. The second-order valence-corrected chi connectivity index (χ2v) is 5.69. The molecule has 3 heterocycles. The molecule has 0 aliphatic carbocycles. The average molecular weight is 291 g/mol. The monoisotopic (exact) mass is 291 g/mol. The van der Waals surface area contributed by atoms with Crippen LogP contribution < -0.4 is 10.2 Å². The minimum absolute atomic E-state index is 0.0103. The summed E-state index contributed by atoms with van der Waals surface area (Å²) in [6, 6.07) is 4.02. The van der Waals surface area contributed by atoms with Crippen LogP contribution in [-0.2, 0) is 14.3 Å². The van der Waals surface area contributed by atoms with Crippen LogP contribution in [0.15, 0.2) is 24.5 Å². The Balaban J connectivity index is 1.55. The van der Waals surface area contributed by atoms with E-state index in [2.05, 4.69) is 21.3 Å². The van der Waals surface area contributed by atoms with Crippen LogP contribution in [-0.4, -0.2) is 55.9 Å². The Bertz CT molecular complexity index is 496. The van der Waals surface area contributed by atoms with Gasteiger partial charge in [-0.1, -0.05) is 0 Å². The Morgan fingerprint density at radius 2 is 2.57 bits per heavy atom. The fourth-order valence-electron chi connectivity index (χ4n) is 3.07. The summed E-state index contributed by atoms with van der Waals surface area (Å²) >= 11 is 0. The van der Waals surface area contributed by atoms with Crippen molar-refractivity contribution in [3.05, 3.63) is 24.5 Å². The fraction of sp³-hybridized carbons (Fsp3) is 0.600. The third-order valence-electron chi connectivity index (χ3n) is 4.23. The first kappa shape index (κ1) is 14.3. The van der Waals surface area contributed by atoms with E-state index < -0.39 is 0 Å². The lowest BCUT2D eigenvalue weighted by Crippen LogP contribution is -2.33. The highest BCUT2D eigenvalue weighted by molar-refractivity contribution is 5.76. The van der Waals surface area contributed by atoms with Gasteiger partial charge in [-0.3, -0.25) is 9.78 Å². The molecule has 1 spiro atoms. The van der Waals surface area contributed by atoms with Gasteiger partial charge in [0.2, 0.25) is 5.91 Å². The Morgan fingerprint density at radius 1 is 1.67 bits per heavy atom. The molecule has 1 aromatic rings. The molecule has 6 heteroatoms. The largest absolute Gasteiger partial charge is 0.370 e. The van der Waals surface area contributed by atoms with Crippen LogP contribution in [0.2, 0.25) is 0 Å². The molecule has 3 rings (SSSR count). The number of anilines is 1. The molecular weight excluding hydrogens is 270 g/mol. The highest BCUT2D eigenvalue weighted by Gasteiger charge is 2.46. The number of carbonyl (C=O) groups is 1. The first-order valence-electron chi connectivity index (χ1n) is 7.32. The number of nitrogens with zero attached hydrogens (tertiary/aromatic N) is 2. The van der Waals surface area contributed by atoms with E-state index in [0.717, 1.165) is 31.6 Å². The van der Waals surface area contributed by atoms with Crippen molar-refractivity contribution in [3.63, 3.8) is 0 Å². The number of rotatable bonds is 4. The number of likely N-dealkylation sites (N-methyl/N-ethyl adjacent to an activating group) is 1. The van der Waals surface area contributed by atoms with Gasteiger partial charge in [0.05, 0.1) is 30.2 Å². The first-order valence-corrected chi connectivity index (χ1v) is 7.32. The normalized spacial score (nSPS) is 28.2. The summed E-state index contributed by atoms with van der Waals surface area (Å²) in [5, 5.41) is 2.56. The summed E-state index contributed by atoms with van der Waals surface area (Å²) in [5.74, 6) is -0.0978. The van der Waals surface area contributed by atoms with Crippen LogP contribution in [0.5, 0.6) is 0 Å². The van der Waals surface area contributed by atoms with Crippen molar-refractivity contribution < 1.29 is 14.3 Å². The molecule has 1 amide bonds. The van der Waals surface area contributed by atoms with Gasteiger partial charge < -0.3 is 19.7 Å². The highest BCUT2D eigenvalue weighted by atomic mass is 16.6. The predicted molar refractivity (Wildman–Crippen MR) is 78.2 cm³/mol. The Kier molecular flexibility index (Phi) is 4.07. The minimum atomic E-state index is -0.136. The third-order valence-corrected chi connectivity index (χ3v) is 4.23. The summed E-state index contributed by atoms with van der Waals surface area (Å²) < 4.78 is 11.6. The van der Waals surface area contributed by atoms with E-state index in [1.165, 1.54) is 0 Å². The minimum Gasteiger partial charge on any atom is -0.370 e. The lowest BCUT2D eigenvalue weighted by atomic mass is 9.98. The smallest absolute Gasteiger partial charge is 0.245 e. The van der Waals surface area contributed by atoms with E-state index in [9.17, 15) is 4.79 Å². The topological polar surface area (TPSA) is 63.7 Å². The highest BCUT2D eigenvalue weighted by Crippen LogP contribution is 2.37. The standard InChI is InChI=1S/C15H21N3O3/c1-16-14(19)10-20-13-7-15(21-9-13)4-6-18(11-15)12-3-2-5-17-8-12/h2-3,5,8,13H,4,6-7,9-11H2,1H3,(H,16,19)/t13-,15+/m0/s1. The molecule has 2 aliphatic heterocycles. The van der Waals surface area contributed by atoms with Crippen molar-refractivity contribution in [2.45, 2.75) is 24.5 Å². The average Bonchev–Trinajstić information content (AvgIpc) is 3.13. The molecule has 114 valence electrons. The molecule has 2 fully saturated rings. The van der Waals surface area contributed by atoms with Gasteiger partial charge in [0.25, 0.3) is 0 Å². The van der Waals surface area contributed by atoms with Crippen molar-refractivity contribution in [2.24, 2.45) is 0 Å². The molecule has 0 aromatic carbocycles. The number of pyridine rings is 1. The van der Waals surface area contributed by atoms with Crippen molar-refractivity contribution in [1.82, 2.24) is 10.3 Å². The van der Waals surface area contributed by atoms with Gasteiger partial charge in [-0.25, -0.2) is 0 Å². The number of ether oxygens (including phenoxy) is 2. The van der Waals surface area contributed by atoms with Gasteiger partial charge in [0, 0.05) is 32.8 Å². The quantitative estimate of drug-likeness (QED) is 0.879. The van der Waals surface area contributed by atoms with E-state index in [0.29, 0.717) is 6.61 Å². The molecule has 21 heavy (non-hydrogen) atoms. The summed E-state index contributed by atoms with van der Waals surface area (Å²) in [7, 11) is 1.61.